The lowest BCUT2D eigenvalue weighted by Crippen LogP contribution is -2.20. The Bertz CT molecular complexity index is 329. The van der Waals surface area contributed by atoms with Gasteiger partial charge in [0.05, 0.1) is 17.8 Å². The van der Waals surface area contributed by atoms with E-state index in [2.05, 4.69) is 10.4 Å². The van der Waals surface area contributed by atoms with E-state index in [4.69, 9.17) is 0 Å². The average Bonchev–Trinajstić information content (AvgIpc) is 2.67. The van der Waals surface area contributed by atoms with Crippen molar-refractivity contribution in [1.29, 1.82) is 0 Å². The number of hydrogen-bond acceptors (Lipinski definition) is 3. The Balaban J connectivity index is 2.19. The number of allylic oxidation sites excluding steroid dienone is 1. The first kappa shape index (κ1) is 8.04. The monoisotopic (exact) mass is 177 g/mol. The second-order valence-corrected chi connectivity index (χ2v) is 3.04. The van der Waals surface area contributed by atoms with E-state index in [0.29, 0.717) is 5.56 Å². The van der Waals surface area contributed by atoms with E-state index >= 15 is 0 Å². The predicted octanol–water partition coefficient (Wildman–Crippen LogP) is 0.744. The van der Waals surface area contributed by atoms with Crippen molar-refractivity contribution in [3.63, 3.8) is 0 Å². The van der Waals surface area contributed by atoms with E-state index in [0.717, 1.165) is 19.3 Å². The van der Waals surface area contributed by atoms with Gasteiger partial charge in [0.25, 0.3) is 0 Å². The van der Waals surface area contributed by atoms with E-state index in [1.807, 2.05) is 17.0 Å². The summed E-state index contributed by atoms with van der Waals surface area (Å²) in [6.07, 6.45) is 9.16. The smallest absolute Gasteiger partial charge is 0.153 e. The van der Waals surface area contributed by atoms with Crippen LogP contribution in [0.5, 0.6) is 0 Å². The summed E-state index contributed by atoms with van der Waals surface area (Å²) in [4.78, 5) is 10.4. The van der Waals surface area contributed by atoms with Gasteiger partial charge in [0.1, 0.15) is 0 Å². The van der Waals surface area contributed by atoms with Gasteiger partial charge in [0.2, 0.25) is 0 Å². The molecule has 0 fully saturated rings. The number of rotatable bonds is 2. The van der Waals surface area contributed by atoms with E-state index in [1.54, 1.807) is 12.4 Å². The van der Waals surface area contributed by atoms with Crippen molar-refractivity contribution in [2.45, 2.75) is 12.5 Å². The molecule has 0 spiro atoms. The van der Waals surface area contributed by atoms with Crippen molar-refractivity contribution in [2.24, 2.45) is 0 Å². The van der Waals surface area contributed by atoms with Crippen molar-refractivity contribution >= 4 is 6.29 Å². The first-order valence-electron chi connectivity index (χ1n) is 4.29. The van der Waals surface area contributed by atoms with Gasteiger partial charge >= 0.3 is 0 Å². The predicted molar refractivity (Wildman–Crippen MR) is 48.4 cm³/mol. The van der Waals surface area contributed by atoms with E-state index in [1.165, 1.54) is 0 Å². The minimum absolute atomic E-state index is 0.287. The van der Waals surface area contributed by atoms with Crippen LogP contribution in [-0.2, 0) is 0 Å². The first-order chi connectivity index (χ1) is 6.40. The number of carbonyl (C=O) groups is 1. The van der Waals surface area contributed by atoms with E-state index < -0.39 is 0 Å². The lowest BCUT2D eigenvalue weighted by molar-refractivity contribution is 0.112. The highest BCUT2D eigenvalue weighted by molar-refractivity contribution is 5.73. The number of nitrogens with zero attached hydrogens (tertiary/aromatic N) is 2. The first-order valence-corrected chi connectivity index (χ1v) is 4.29. The molecule has 1 aliphatic rings. The van der Waals surface area contributed by atoms with Gasteiger partial charge in [-0.05, 0) is 18.7 Å². The zero-order chi connectivity index (χ0) is 9.10. The molecule has 13 heavy (non-hydrogen) atoms. The summed E-state index contributed by atoms with van der Waals surface area (Å²) in [6, 6.07) is 0.287. The summed E-state index contributed by atoms with van der Waals surface area (Å²) in [7, 11) is 0. The van der Waals surface area contributed by atoms with Crippen LogP contribution in [0.15, 0.2) is 24.7 Å². The Kier molecular flexibility index (Phi) is 2.12. The number of aldehydes is 1. The summed E-state index contributed by atoms with van der Waals surface area (Å²) < 4.78 is 1.82. The zero-order valence-corrected chi connectivity index (χ0v) is 7.18. The summed E-state index contributed by atoms with van der Waals surface area (Å²) in [5.74, 6) is 0. The van der Waals surface area contributed by atoms with Gasteiger partial charge in [0, 0.05) is 12.7 Å². The fourth-order valence-corrected chi connectivity index (χ4v) is 1.41. The van der Waals surface area contributed by atoms with Crippen LogP contribution in [0.25, 0.3) is 0 Å². The van der Waals surface area contributed by atoms with Gasteiger partial charge in [0.15, 0.2) is 6.29 Å². The van der Waals surface area contributed by atoms with Crippen LogP contribution in [0, 0.1) is 0 Å². The Hall–Kier alpha value is -1.58. The van der Waals surface area contributed by atoms with Gasteiger partial charge in [-0.1, -0.05) is 0 Å². The molecule has 1 aromatic heterocycles. The van der Waals surface area contributed by atoms with Crippen molar-refractivity contribution in [3.05, 3.63) is 30.2 Å². The minimum atomic E-state index is 0.287. The van der Waals surface area contributed by atoms with Crippen LogP contribution in [-0.4, -0.2) is 22.6 Å². The molecule has 0 saturated heterocycles. The highest BCUT2D eigenvalue weighted by Crippen LogP contribution is 2.14. The maximum absolute atomic E-state index is 10.4. The number of hydrogen-bond donors (Lipinski definition) is 1. The molecule has 0 amide bonds. The van der Waals surface area contributed by atoms with Gasteiger partial charge in [-0.2, -0.15) is 5.10 Å². The lowest BCUT2D eigenvalue weighted by atomic mass is 10.1. The molecule has 0 aromatic carbocycles. The molecule has 4 nitrogen and oxygen atoms in total. The fourth-order valence-electron chi connectivity index (χ4n) is 1.41. The summed E-state index contributed by atoms with van der Waals surface area (Å²) in [5.41, 5.74) is 0.631. The molecule has 1 atom stereocenters. The van der Waals surface area contributed by atoms with E-state index in [9.17, 15) is 4.79 Å². The minimum Gasteiger partial charge on any atom is -0.391 e. The standard InChI is InChI=1S/C9H11N3O/c13-7-8-5-11-12(6-8)9-1-3-10-4-2-9/h1,3,5-7,9-10H,2,4H2. The molecule has 1 unspecified atom stereocenters. The Morgan fingerprint density at radius 3 is 3.23 bits per heavy atom. The fraction of sp³-hybridized carbons (Fsp3) is 0.333. The third-order valence-corrected chi connectivity index (χ3v) is 2.12. The van der Waals surface area contributed by atoms with Crippen LogP contribution in [0.2, 0.25) is 0 Å². The Morgan fingerprint density at radius 2 is 2.62 bits per heavy atom. The van der Waals surface area contributed by atoms with Crippen molar-refractivity contribution in [3.8, 4) is 0 Å². The lowest BCUT2D eigenvalue weighted by Gasteiger charge is -2.17. The van der Waals surface area contributed by atoms with Crippen molar-refractivity contribution < 1.29 is 4.79 Å². The molecule has 1 N–H and O–H groups in total. The number of aromatic nitrogens is 2. The third-order valence-electron chi connectivity index (χ3n) is 2.12. The molecule has 1 aromatic rings. The molecule has 68 valence electrons. The van der Waals surface area contributed by atoms with Crippen LogP contribution in [0.4, 0.5) is 0 Å². The molecule has 4 heteroatoms. The van der Waals surface area contributed by atoms with Crippen LogP contribution < -0.4 is 5.32 Å². The molecule has 1 aliphatic heterocycles. The van der Waals surface area contributed by atoms with Crippen molar-refractivity contribution in [2.75, 3.05) is 6.54 Å². The highest BCUT2D eigenvalue weighted by Gasteiger charge is 2.10. The quantitative estimate of drug-likeness (QED) is 0.678. The molecular weight excluding hydrogens is 166 g/mol. The van der Waals surface area contributed by atoms with Gasteiger partial charge in [-0.15, -0.1) is 0 Å². The largest absolute Gasteiger partial charge is 0.391 e. The van der Waals surface area contributed by atoms with Gasteiger partial charge < -0.3 is 5.32 Å². The molecule has 2 heterocycles. The van der Waals surface area contributed by atoms with E-state index in [-0.39, 0.29) is 6.04 Å². The maximum atomic E-state index is 10.4. The molecule has 2 rings (SSSR count). The average molecular weight is 177 g/mol. The topological polar surface area (TPSA) is 46.9 Å². The van der Waals surface area contributed by atoms with Crippen LogP contribution in [0.1, 0.15) is 22.8 Å². The Morgan fingerprint density at radius 1 is 1.69 bits per heavy atom. The van der Waals surface area contributed by atoms with Gasteiger partial charge in [-0.3, -0.25) is 9.48 Å². The van der Waals surface area contributed by atoms with Crippen molar-refractivity contribution in [1.82, 2.24) is 15.1 Å². The summed E-state index contributed by atoms with van der Waals surface area (Å²) in [5, 5.41) is 7.23. The number of carbonyl (C=O) groups excluding carboxylic acids is 1. The van der Waals surface area contributed by atoms with Gasteiger partial charge in [-0.25, -0.2) is 0 Å². The zero-order valence-electron chi connectivity index (χ0n) is 7.18. The number of nitrogens with one attached hydrogen (secondary N) is 1. The molecule has 0 aliphatic carbocycles. The molecule has 0 saturated carbocycles. The Labute approximate surface area is 76.2 Å². The SMILES string of the molecule is O=Cc1cnn(C2C=CNCC2)c1. The van der Waals surface area contributed by atoms with Crippen LogP contribution >= 0.6 is 0 Å². The summed E-state index contributed by atoms with van der Waals surface area (Å²) >= 11 is 0. The maximum Gasteiger partial charge on any atom is 0.153 e. The van der Waals surface area contributed by atoms with Crippen LogP contribution in [0.3, 0.4) is 0 Å². The third kappa shape index (κ3) is 1.61. The molecule has 0 radical (unpaired) electrons. The molecule has 0 bridgehead atoms. The second-order valence-electron chi connectivity index (χ2n) is 3.04. The summed E-state index contributed by atoms with van der Waals surface area (Å²) in [6.45, 7) is 0.956. The molecular formula is C9H11N3O. The normalized spacial score (nSPS) is 21.1. The second kappa shape index (κ2) is 3.43. The highest BCUT2D eigenvalue weighted by atomic mass is 16.1.